The topological polar surface area (TPSA) is 47.6 Å². The van der Waals surface area contributed by atoms with E-state index in [2.05, 4.69) is 19.2 Å². The second-order valence-corrected chi connectivity index (χ2v) is 9.25. The molecular formula is C22H29F2NO3. The summed E-state index contributed by atoms with van der Waals surface area (Å²) in [6, 6.07) is 3.76. The summed E-state index contributed by atoms with van der Waals surface area (Å²) in [5.74, 6) is -0.574. The highest BCUT2D eigenvalue weighted by Crippen LogP contribution is 2.70. The largest absolute Gasteiger partial charge is 0.384 e. The zero-order valence-electron chi connectivity index (χ0n) is 16.8. The molecule has 2 aliphatic carbocycles. The maximum atomic E-state index is 14.5. The zero-order valence-corrected chi connectivity index (χ0v) is 16.8. The molecule has 6 heteroatoms. The van der Waals surface area contributed by atoms with Gasteiger partial charge >= 0.3 is 0 Å². The van der Waals surface area contributed by atoms with Crippen molar-refractivity contribution in [2.45, 2.75) is 51.7 Å². The van der Waals surface area contributed by atoms with Gasteiger partial charge in [-0.05, 0) is 48.0 Å². The molecule has 1 aromatic rings. The van der Waals surface area contributed by atoms with E-state index in [1.165, 1.54) is 12.1 Å². The number of benzene rings is 1. The highest BCUT2D eigenvalue weighted by Gasteiger charge is 2.68. The van der Waals surface area contributed by atoms with Gasteiger partial charge in [-0.3, -0.25) is 4.79 Å². The molecule has 1 aromatic carbocycles. The third-order valence-corrected chi connectivity index (χ3v) is 7.61. The van der Waals surface area contributed by atoms with E-state index in [-0.39, 0.29) is 28.7 Å². The average Bonchev–Trinajstić information content (AvgIpc) is 3.13. The minimum absolute atomic E-state index is 0.00314. The molecule has 3 aliphatic rings. The number of nitrogens with one attached hydrogen (secondary N) is 1. The van der Waals surface area contributed by atoms with Gasteiger partial charge in [0.25, 0.3) is 0 Å². The number of amides is 1. The summed E-state index contributed by atoms with van der Waals surface area (Å²) >= 11 is 0. The zero-order chi connectivity index (χ0) is 20.1. The molecule has 0 radical (unpaired) electrons. The van der Waals surface area contributed by atoms with E-state index in [0.29, 0.717) is 31.1 Å². The van der Waals surface area contributed by atoms with Gasteiger partial charge in [0.1, 0.15) is 11.6 Å². The van der Waals surface area contributed by atoms with Gasteiger partial charge < -0.3 is 14.8 Å². The molecule has 1 N–H and O–H groups in total. The molecule has 4 rings (SSSR count). The standard InChI is InChI=1S/C22H29F2NO3/c1-21(2)13-10-16-19(15-5-4-14(23)11-17(15)24)28-9-7-22(16,12-13)20(21)25-18(26)6-8-27-3/h4-5,11,13,16,19-20H,6-10,12H2,1-3H3,(H,25,26)/t13-,16-,19-,20+,22-/m1/s1. The Hall–Kier alpha value is -1.53. The summed E-state index contributed by atoms with van der Waals surface area (Å²) in [5, 5.41) is 3.29. The molecule has 1 amide bonds. The van der Waals surface area contributed by atoms with Crippen LogP contribution in [0.5, 0.6) is 0 Å². The second kappa shape index (κ2) is 7.06. The Morgan fingerprint density at radius 2 is 2.14 bits per heavy atom. The van der Waals surface area contributed by atoms with Crippen molar-refractivity contribution < 1.29 is 23.0 Å². The molecule has 0 aromatic heterocycles. The van der Waals surface area contributed by atoms with Crippen LogP contribution in [-0.2, 0) is 14.3 Å². The Morgan fingerprint density at radius 1 is 1.36 bits per heavy atom. The number of fused-ring (bicyclic) bond motifs is 1. The van der Waals surface area contributed by atoms with Crippen LogP contribution in [-0.4, -0.2) is 32.3 Å². The Bertz CT molecular complexity index is 768. The third kappa shape index (κ3) is 2.96. The molecular weight excluding hydrogens is 364 g/mol. The summed E-state index contributed by atoms with van der Waals surface area (Å²) in [4.78, 5) is 12.5. The number of halogens is 2. The third-order valence-electron chi connectivity index (χ3n) is 7.61. The number of carbonyl (C=O) groups is 1. The molecule has 4 nitrogen and oxygen atoms in total. The predicted octanol–water partition coefficient (Wildman–Crippen LogP) is 4.00. The second-order valence-electron chi connectivity index (χ2n) is 9.25. The fourth-order valence-electron chi connectivity index (χ4n) is 6.26. The average molecular weight is 393 g/mol. The normalized spacial score (nSPS) is 35.6. The van der Waals surface area contributed by atoms with Crippen LogP contribution >= 0.6 is 0 Å². The first-order valence-corrected chi connectivity index (χ1v) is 10.1. The van der Waals surface area contributed by atoms with Crippen LogP contribution in [0.2, 0.25) is 0 Å². The van der Waals surface area contributed by atoms with Crippen LogP contribution in [0.1, 0.15) is 51.2 Å². The van der Waals surface area contributed by atoms with Gasteiger partial charge in [-0.25, -0.2) is 8.78 Å². The first-order chi connectivity index (χ1) is 13.3. The number of methoxy groups -OCH3 is 1. The van der Waals surface area contributed by atoms with Crippen LogP contribution in [0.25, 0.3) is 0 Å². The smallest absolute Gasteiger partial charge is 0.222 e. The molecule has 1 saturated heterocycles. The fourth-order valence-corrected chi connectivity index (χ4v) is 6.26. The number of carbonyl (C=O) groups excluding carboxylic acids is 1. The van der Waals surface area contributed by atoms with Crippen molar-refractivity contribution in [1.29, 1.82) is 0 Å². The molecule has 2 saturated carbocycles. The number of ether oxygens (including phenoxy) is 2. The lowest BCUT2D eigenvalue weighted by molar-refractivity contribution is -0.138. The summed E-state index contributed by atoms with van der Waals surface area (Å²) in [6.45, 7) is 5.37. The van der Waals surface area contributed by atoms with Crippen LogP contribution in [0, 0.1) is 34.3 Å². The van der Waals surface area contributed by atoms with Gasteiger partial charge in [-0.2, -0.15) is 0 Å². The molecule has 1 heterocycles. The van der Waals surface area contributed by atoms with E-state index >= 15 is 0 Å². The van der Waals surface area contributed by atoms with Crippen LogP contribution in [0.3, 0.4) is 0 Å². The molecule has 0 unspecified atom stereocenters. The monoisotopic (exact) mass is 393 g/mol. The van der Waals surface area contributed by atoms with E-state index in [9.17, 15) is 13.6 Å². The SMILES string of the molecule is COCCC(=O)N[C@H]1C(C)(C)[C@@H]2C[C@@H]3[C@@H](c4ccc(F)cc4F)OCC[C@@]31C2. The highest BCUT2D eigenvalue weighted by atomic mass is 19.1. The van der Waals surface area contributed by atoms with Crippen LogP contribution < -0.4 is 5.32 Å². The molecule has 5 atom stereocenters. The minimum atomic E-state index is -0.580. The maximum Gasteiger partial charge on any atom is 0.222 e. The van der Waals surface area contributed by atoms with Crippen molar-refractivity contribution in [3.63, 3.8) is 0 Å². The van der Waals surface area contributed by atoms with E-state index < -0.39 is 17.7 Å². The predicted molar refractivity (Wildman–Crippen MR) is 101 cm³/mol. The Morgan fingerprint density at radius 3 is 2.86 bits per heavy atom. The lowest BCUT2D eigenvalue weighted by Gasteiger charge is -2.53. The van der Waals surface area contributed by atoms with Gasteiger partial charge in [-0.15, -0.1) is 0 Å². The molecule has 2 bridgehead atoms. The summed E-state index contributed by atoms with van der Waals surface area (Å²) in [7, 11) is 1.59. The van der Waals surface area contributed by atoms with Gasteiger partial charge in [-0.1, -0.05) is 19.9 Å². The molecule has 1 spiro atoms. The van der Waals surface area contributed by atoms with Crippen molar-refractivity contribution in [3.05, 3.63) is 35.4 Å². The Kier molecular flexibility index (Phi) is 4.99. The summed E-state index contributed by atoms with van der Waals surface area (Å²) in [5.41, 5.74) is 0.295. The van der Waals surface area contributed by atoms with Crippen molar-refractivity contribution in [2.24, 2.45) is 22.7 Å². The number of hydrogen-bond acceptors (Lipinski definition) is 3. The first-order valence-electron chi connectivity index (χ1n) is 10.1. The quantitative estimate of drug-likeness (QED) is 0.823. The Labute approximate surface area is 165 Å². The fraction of sp³-hybridized carbons (Fsp3) is 0.682. The van der Waals surface area contributed by atoms with Crippen molar-refractivity contribution in [3.8, 4) is 0 Å². The Balaban J connectivity index is 1.65. The van der Waals surface area contributed by atoms with E-state index in [1.807, 2.05) is 0 Å². The van der Waals surface area contributed by atoms with E-state index in [0.717, 1.165) is 25.3 Å². The van der Waals surface area contributed by atoms with E-state index in [1.54, 1.807) is 7.11 Å². The first kappa shape index (κ1) is 19.8. The highest BCUT2D eigenvalue weighted by molar-refractivity contribution is 5.76. The lowest BCUT2D eigenvalue weighted by atomic mass is 9.58. The van der Waals surface area contributed by atoms with Crippen molar-refractivity contribution >= 4 is 5.91 Å². The van der Waals surface area contributed by atoms with Gasteiger partial charge in [0.15, 0.2) is 0 Å². The van der Waals surface area contributed by atoms with Gasteiger partial charge in [0.05, 0.1) is 12.7 Å². The number of hydrogen-bond donors (Lipinski definition) is 1. The van der Waals surface area contributed by atoms with Gasteiger partial charge in [0.2, 0.25) is 5.91 Å². The summed E-state index contributed by atoms with van der Waals surface area (Å²) in [6.07, 6.45) is 2.75. The van der Waals surface area contributed by atoms with E-state index in [4.69, 9.17) is 9.47 Å². The molecule has 3 fully saturated rings. The van der Waals surface area contributed by atoms with Crippen molar-refractivity contribution in [1.82, 2.24) is 5.32 Å². The molecule has 1 aliphatic heterocycles. The molecule has 154 valence electrons. The summed E-state index contributed by atoms with van der Waals surface area (Å²) < 4.78 is 39.0. The van der Waals surface area contributed by atoms with Crippen molar-refractivity contribution in [2.75, 3.05) is 20.3 Å². The molecule has 28 heavy (non-hydrogen) atoms. The lowest BCUT2D eigenvalue weighted by Crippen LogP contribution is -2.59. The maximum absolute atomic E-state index is 14.5. The number of rotatable bonds is 5. The van der Waals surface area contributed by atoms with Crippen LogP contribution in [0.15, 0.2) is 18.2 Å². The van der Waals surface area contributed by atoms with Gasteiger partial charge in [0, 0.05) is 37.8 Å². The minimum Gasteiger partial charge on any atom is -0.384 e. The van der Waals surface area contributed by atoms with Crippen LogP contribution in [0.4, 0.5) is 8.78 Å².